The third kappa shape index (κ3) is 15.6. The minimum atomic E-state index is -0.659. The summed E-state index contributed by atoms with van der Waals surface area (Å²) in [5.74, 6) is -0.255. The minimum absolute atomic E-state index is 0.0803. The Balaban J connectivity index is 3.46. The third-order valence-corrected chi connectivity index (χ3v) is 4.64. The Morgan fingerprint density at radius 1 is 0.808 bits per heavy atom. The molecule has 3 atom stereocenters. The molecule has 0 aromatic carbocycles. The van der Waals surface area contributed by atoms with Crippen molar-refractivity contribution in [1.82, 2.24) is 0 Å². The minimum Gasteiger partial charge on any atom is -0.463 e. The molecule has 156 valence electrons. The van der Waals surface area contributed by atoms with E-state index in [4.69, 9.17) is 9.84 Å². The SMILES string of the molecule is CCC(O)COC(=O)CCCCCCCC(O)C(O)CCCCCCO. The molecule has 0 aromatic heterocycles. The fourth-order valence-corrected chi connectivity index (χ4v) is 2.74. The number of aliphatic hydroxyl groups is 4. The van der Waals surface area contributed by atoms with E-state index in [0.29, 0.717) is 25.7 Å². The monoisotopic (exact) mass is 376 g/mol. The lowest BCUT2D eigenvalue weighted by atomic mass is 10.00. The van der Waals surface area contributed by atoms with Gasteiger partial charge in [0.05, 0.1) is 18.3 Å². The van der Waals surface area contributed by atoms with Gasteiger partial charge in [-0.15, -0.1) is 0 Å². The molecule has 0 aliphatic heterocycles. The standard InChI is InChI=1S/C20H40O6/c1-2-17(22)16-26-20(25)14-10-5-3-4-8-12-18(23)19(24)13-9-6-7-11-15-21/h17-19,21-24H,2-16H2,1H3. The van der Waals surface area contributed by atoms with Crippen LogP contribution < -0.4 is 0 Å². The highest BCUT2D eigenvalue weighted by Gasteiger charge is 2.15. The topological polar surface area (TPSA) is 107 Å². The zero-order valence-corrected chi connectivity index (χ0v) is 16.4. The smallest absolute Gasteiger partial charge is 0.305 e. The Morgan fingerprint density at radius 3 is 1.85 bits per heavy atom. The average Bonchev–Trinajstić information content (AvgIpc) is 2.64. The molecule has 0 rings (SSSR count). The first-order chi connectivity index (χ1) is 12.5. The second-order valence-electron chi connectivity index (χ2n) is 7.11. The fourth-order valence-electron chi connectivity index (χ4n) is 2.74. The van der Waals surface area contributed by atoms with Gasteiger partial charge >= 0.3 is 5.97 Å². The van der Waals surface area contributed by atoms with Crippen molar-refractivity contribution in [3.05, 3.63) is 0 Å². The van der Waals surface area contributed by atoms with Gasteiger partial charge in [0.1, 0.15) is 6.61 Å². The van der Waals surface area contributed by atoms with Gasteiger partial charge in [0.25, 0.3) is 0 Å². The molecule has 0 saturated heterocycles. The van der Waals surface area contributed by atoms with E-state index in [1.165, 1.54) is 0 Å². The van der Waals surface area contributed by atoms with Crippen LogP contribution in [0, 0.1) is 0 Å². The van der Waals surface area contributed by atoms with Gasteiger partial charge in [0.15, 0.2) is 0 Å². The van der Waals surface area contributed by atoms with Gasteiger partial charge in [-0.25, -0.2) is 0 Å². The lowest BCUT2D eigenvalue weighted by Crippen LogP contribution is -2.25. The summed E-state index contributed by atoms with van der Waals surface area (Å²) in [6.07, 6.45) is 8.48. The number of aliphatic hydroxyl groups excluding tert-OH is 4. The first-order valence-corrected chi connectivity index (χ1v) is 10.3. The van der Waals surface area contributed by atoms with Crippen molar-refractivity contribution in [3.63, 3.8) is 0 Å². The highest BCUT2D eigenvalue weighted by Crippen LogP contribution is 2.14. The molecule has 0 fully saturated rings. The van der Waals surface area contributed by atoms with E-state index in [1.54, 1.807) is 0 Å². The van der Waals surface area contributed by atoms with Gasteiger partial charge < -0.3 is 25.2 Å². The summed E-state index contributed by atoms with van der Waals surface area (Å²) in [5, 5.41) is 37.9. The highest BCUT2D eigenvalue weighted by molar-refractivity contribution is 5.69. The van der Waals surface area contributed by atoms with Gasteiger partial charge in [-0.2, -0.15) is 0 Å². The third-order valence-electron chi connectivity index (χ3n) is 4.64. The molecular formula is C20H40O6. The number of ether oxygens (including phenoxy) is 1. The summed E-state index contributed by atoms with van der Waals surface area (Å²) in [6, 6.07) is 0. The zero-order valence-electron chi connectivity index (χ0n) is 16.4. The van der Waals surface area contributed by atoms with E-state index < -0.39 is 18.3 Å². The van der Waals surface area contributed by atoms with Crippen LogP contribution in [-0.4, -0.2) is 57.9 Å². The van der Waals surface area contributed by atoms with Crippen molar-refractivity contribution in [3.8, 4) is 0 Å². The summed E-state index contributed by atoms with van der Waals surface area (Å²) < 4.78 is 4.97. The molecule has 26 heavy (non-hydrogen) atoms. The maximum absolute atomic E-state index is 11.5. The van der Waals surface area contributed by atoms with Crippen molar-refractivity contribution in [2.24, 2.45) is 0 Å². The van der Waals surface area contributed by atoms with E-state index in [9.17, 15) is 20.1 Å². The summed E-state index contributed by atoms with van der Waals surface area (Å²) in [5.41, 5.74) is 0. The van der Waals surface area contributed by atoms with Crippen LogP contribution in [0.25, 0.3) is 0 Å². The van der Waals surface area contributed by atoms with Crippen LogP contribution in [-0.2, 0) is 9.53 Å². The number of hydrogen-bond acceptors (Lipinski definition) is 6. The van der Waals surface area contributed by atoms with Crippen molar-refractivity contribution in [2.75, 3.05) is 13.2 Å². The van der Waals surface area contributed by atoms with Gasteiger partial charge in [-0.05, 0) is 32.1 Å². The van der Waals surface area contributed by atoms with Crippen LogP contribution in [0.1, 0.15) is 90.4 Å². The molecular weight excluding hydrogens is 336 g/mol. The van der Waals surface area contributed by atoms with Crippen LogP contribution in [0.15, 0.2) is 0 Å². The Labute approximate surface area is 158 Å². The van der Waals surface area contributed by atoms with Gasteiger partial charge in [0, 0.05) is 13.0 Å². The average molecular weight is 377 g/mol. The largest absolute Gasteiger partial charge is 0.463 e. The van der Waals surface area contributed by atoms with Crippen molar-refractivity contribution < 1.29 is 30.0 Å². The molecule has 0 amide bonds. The van der Waals surface area contributed by atoms with E-state index >= 15 is 0 Å². The summed E-state index contributed by atoms with van der Waals surface area (Å²) in [6.45, 7) is 2.14. The molecule has 0 aliphatic carbocycles. The molecule has 0 aromatic rings. The van der Waals surface area contributed by atoms with Crippen LogP contribution in [0.3, 0.4) is 0 Å². The number of carbonyl (C=O) groups excluding carboxylic acids is 1. The molecule has 6 nitrogen and oxygen atoms in total. The second kappa shape index (κ2) is 17.7. The first-order valence-electron chi connectivity index (χ1n) is 10.3. The molecule has 6 heteroatoms. The molecule has 0 radical (unpaired) electrons. The Bertz CT molecular complexity index is 323. The Morgan fingerprint density at radius 2 is 1.31 bits per heavy atom. The molecule has 3 unspecified atom stereocenters. The fraction of sp³-hybridized carbons (Fsp3) is 0.950. The van der Waals surface area contributed by atoms with Gasteiger partial charge in [-0.3, -0.25) is 4.79 Å². The molecule has 0 saturated carbocycles. The maximum Gasteiger partial charge on any atom is 0.305 e. The summed E-state index contributed by atoms with van der Waals surface area (Å²) >= 11 is 0. The molecule has 0 bridgehead atoms. The molecule has 0 heterocycles. The number of rotatable bonds is 18. The van der Waals surface area contributed by atoms with Crippen molar-refractivity contribution >= 4 is 5.97 Å². The van der Waals surface area contributed by atoms with E-state index in [-0.39, 0.29) is 19.2 Å². The predicted octanol–water partition coefficient (Wildman–Crippen LogP) is 2.70. The van der Waals surface area contributed by atoms with Crippen molar-refractivity contribution in [1.29, 1.82) is 0 Å². The number of esters is 1. The summed E-state index contributed by atoms with van der Waals surface area (Å²) in [4.78, 5) is 11.5. The molecule has 0 aliphatic rings. The highest BCUT2D eigenvalue weighted by atomic mass is 16.5. The predicted molar refractivity (Wildman–Crippen MR) is 102 cm³/mol. The van der Waals surface area contributed by atoms with Crippen LogP contribution in [0.5, 0.6) is 0 Å². The number of unbranched alkanes of at least 4 members (excludes halogenated alkanes) is 7. The number of hydrogen-bond donors (Lipinski definition) is 4. The van der Waals surface area contributed by atoms with Gasteiger partial charge in [0.2, 0.25) is 0 Å². The maximum atomic E-state index is 11.5. The summed E-state index contributed by atoms with van der Waals surface area (Å²) in [7, 11) is 0. The second-order valence-corrected chi connectivity index (χ2v) is 7.11. The normalized spacial score (nSPS) is 14.8. The molecule has 0 spiro atoms. The Hall–Kier alpha value is -0.690. The Kier molecular flexibility index (Phi) is 17.2. The number of carbonyl (C=O) groups is 1. The van der Waals surface area contributed by atoms with E-state index in [1.807, 2.05) is 6.92 Å². The first kappa shape index (κ1) is 25.3. The van der Waals surface area contributed by atoms with Crippen LogP contribution in [0.4, 0.5) is 0 Å². The van der Waals surface area contributed by atoms with E-state index in [2.05, 4.69) is 0 Å². The van der Waals surface area contributed by atoms with Gasteiger partial charge in [-0.1, -0.05) is 51.9 Å². The van der Waals surface area contributed by atoms with Crippen molar-refractivity contribution in [2.45, 2.75) is 109 Å². The quantitative estimate of drug-likeness (QED) is 0.216. The lowest BCUT2D eigenvalue weighted by molar-refractivity contribution is -0.146. The lowest BCUT2D eigenvalue weighted by Gasteiger charge is -2.17. The zero-order chi connectivity index (χ0) is 19.6. The van der Waals surface area contributed by atoms with E-state index in [0.717, 1.165) is 57.8 Å². The van der Waals surface area contributed by atoms with Crippen LogP contribution in [0.2, 0.25) is 0 Å². The molecule has 4 N–H and O–H groups in total. The van der Waals surface area contributed by atoms with Crippen LogP contribution >= 0.6 is 0 Å².